The zero-order valence-electron chi connectivity index (χ0n) is 24.0. The molecule has 1 aliphatic rings. The van der Waals surface area contributed by atoms with Crippen molar-refractivity contribution in [2.75, 3.05) is 52.7 Å². The van der Waals surface area contributed by atoms with Crippen LogP contribution in [0.5, 0.6) is 0 Å². The maximum absolute atomic E-state index is 13.0. The second-order valence-electron chi connectivity index (χ2n) is 9.79. The lowest BCUT2D eigenvalue weighted by Crippen LogP contribution is -2.27. The topological polar surface area (TPSA) is 126 Å². The number of aryl methyl sites for hydroxylation is 2. The molecule has 222 valence electrons. The monoisotopic (exact) mass is 602 g/mol. The lowest BCUT2D eigenvalue weighted by Gasteiger charge is -2.13. The third-order valence-corrected chi connectivity index (χ3v) is 8.20. The largest absolute Gasteiger partial charge is 0.379 e. The summed E-state index contributed by atoms with van der Waals surface area (Å²) in [4.78, 5) is 19.4. The van der Waals surface area contributed by atoms with Crippen LogP contribution in [0, 0.1) is 20.8 Å². The molecule has 4 rings (SSSR count). The number of benzene rings is 1. The van der Waals surface area contributed by atoms with Gasteiger partial charge in [-0.05, 0) is 57.9 Å². The van der Waals surface area contributed by atoms with E-state index in [0.717, 1.165) is 39.6 Å². The molecule has 1 atom stereocenters. The first kappa shape index (κ1) is 31.3. The Morgan fingerprint density at radius 3 is 2.34 bits per heavy atom. The van der Waals surface area contributed by atoms with E-state index in [-0.39, 0.29) is 12.3 Å². The number of carbonyl (C=O) groups is 1. The summed E-state index contributed by atoms with van der Waals surface area (Å²) in [7, 11) is 0. The van der Waals surface area contributed by atoms with Crippen molar-refractivity contribution in [1.82, 2.24) is 20.1 Å². The third kappa shape index (κ3) is 8.21. The van der Waals surface area contributed by atoms with Crippen LogP contribution in [-0.2, 0) is 19.0 Å². The maximum Gasteiger partial charge on any atom is 0.222 e. The van der Waals surface area contributed by atoms with E-state index in [2.05, 4.69) is 29.4 Å². The molecule has 0 unspecified atom stereocenters. The number of carbonyl (C=O) groups excluding carboxylic acids is 1. The summed E-state index contributed by atoms with van der Waals surface area (Å²) in [6.07, 6.45) is 1.71. The van der Waals surface area contributed by atoms with Crippen molar-refractivity contribution in [2.24, 2.45) is 10.7 Å². The highest BCUT2D eigenvalue weighted by Crippen LogP contribution is 2.39. The van der Waals surface area contributed by atoms with Gasteiger partial charge in [0.2, 0.25) is 5.91 Å². The number of hydrogen-bond donors (Lipinski definition) is 2. The van der Waals surface area contributed by atoms with Crippen molar-refractivity contribution < 1.29 is 19.0 Å². The lowest BCUT2D eigenvalue weighted by molar-refractivity contribution is -0.121. The van der Waals surface area contributed by atoms with Crippen molar-refractivity contribution in [3.63, 3.8) is 0 Å². The number of halogens is 1. The molecule has 3 heterocycles. The maximum atomic E-state index is 13.0. The number of nitrogens with one attached hydrogen (secondary N) is 1. The fraction of sp³-hybridized carbons (Fsp3) is 0.517. The number of ether oxygens (including phenoxy) is 3. The van der Waals surface area contributed by atoms with Crippen molar-refractivity contribution >= 4 is 34.6 Å². The zero-order chi connectivity index (χ0) is 29.2. The third-order valence-electron chi connectivity index (χ3n) is 6.76. The summed E-state index contributed by atoms with van der Waals surface area (Å²) in [5.74, 6) is 1.33. The molecule has 0 spiro atoms. The first-order valence-corrected chi connectivity index (χ1v) is 15.2. The van der Waals surface area contributed by atoms with Crippen molar-refractivity contribution in [1.29, 1.82) is 0 Å². The van der Waals surface area contributed by atoms with Gasteiger partial charge in [-0.1, -0.05) is 23.7 Å². The number of amides is 1. The molecular weight excluding hydrogens is 564 g/mol. The molecule has 10 nitrogen and oxygen atoms in total. The van der Waals surface area contributed by atoms with E-state index in [9.17, 15) is 4.79 Å². The minimum atomic E-state index is -0.492. The van der Waals surface area contributed by atoms with Crippen molar-refractivity contribution in [2.45, 2.75) is 46.1 Å². The molecule has 0 radical (unpaired) electrons. The lowest BCUT2D eigenvalue weighted by atomic mass is 9.99. The fourth-order valence-electron chi connectivity index (χ4n) is 4.51. The molecule has 41 heavy (non-hydrogen) atoms. The van der Waals surface area contributed by atoms with Gasteiger partial charge in [0, 0.05) is 40.8 Å². The first-order chi connectivity index (χ1) is 19.9. The van der Waals surface area contributed by atoms with Gasteiger partial charge in [0.25, 0.3) is 0 Å². The number of hydrogen-bond acceptors (Lipinski definition) is 9. The number of nitrogens with zero attached hydrogens (tertiary/aromatic N) is 4. The molecule has 0 saturated heterocycles. The SMILES string of the molecule is Cc1sc2c(c1C)C(c1ccc(Cl)cc1)=N[C@@H](CC(=O)NCCCOCCOCCOCCCN)c1nnc(C)n1-2. The average molecular weight is 603 g/mol. The van der Waals surface area contributed by atoms with Gasteiger partial charge in [0.1, 0.15) is 16.9 Å². The Morgan fingerprint density at radius 2 is 1.66 bits per heavy atom. The fourth-order valence-corrected chi connectivity index (χ4v) is 5.85. The number of thiophene rings is 1. The van der Waals surface area contributed by atoms with Crippen molar-refractivity contribution in [3.8, 4) is 5.00 Å². The summed E-state index contributed by atoms with van der Waals surface area (Å²) >= 11 is 7.87. The Labute approximate surface area is 250 Å². The number of aromatic nitrogens is 3. The standard InChI is InChI=1S/C29H39ClN6O4S/c1-19-20(2)41-29-26(19)27(22-6-8-23(30)9-7-22)33-24(28-35-34-21(3)36(28)29)18-25(37)32-11-5-13-39-15-17-40-16-14-38-12-4-10-31/h6-9,24H,4-5,10-18,31H2,1-3H3,(H,32,37)/t24-/m0/s1. The Kier molecular flexibility index (Phi) is 11.8. The van der Waals surface area contributed by atoms with E-state index in [1.54, 1.807) is 11.3 Å². The van der Waals surface area contributed by atoms with E-state index in [0.29, 0.717) is 70.0 Å². The van der Waals surface area contributed by atoms with Crippen molar-refractivity contribution in [3.05, 3.63) is 62.5 Å². The van der Waals surface area contributed by atoms with Crippen LogP contribution in [0.1, 0.15) is 58.5 Å². The molecule has 1 amide bonds. The number of fused-ring (bicyclic) bond motifs is 3. The smallest absolute Gasteiger partial charge is 0.222 e. The van der Waals surface area contributed by atoms with Crippen LogP contribution in [0.15, 0.2) is 29.3 Å². The molecular formula is C29H39ClN6O4S. The zero-order valence-corrected chi connectivity index (χ0v) is 25.5. The van der Waals surface area contributed by atoms with Gasteiger partial charge >= 0.3 is 0 Å². The van der Waals surface area contributed by atoms with Crippen LogP contribution < -0.4 is 11.1 Å². The van der Waals surface area contributed by atoms with Gasteiger partial charge in [-0.15, -0.1) is 21.5 Å². The predicted octanol–water partition coefficient (Wildman–Crippen LogP) is 4.09. The van der Waals surface area contributed by atoms with Crippen LogP contribution in [0.4, 0.5) is 0 Å². The normalized spacial score (nSPS) is 14.4. The van der Waals surface area contributed by atoms with E-state index in [1.807, 2.05) is 35.8 Å². The quantitative estimate of drug-likeness (QED) is 0.236. The summed E-state index contributed by atoms with van der Waals surface area (Å²) in [5, 5.41) is 13.5. The Hall–Kier alpha value is -2.67. The highest BCUT2D eigenvalue weighted by atomic mass is 35.5. The van der Waals surface area contributed by atoms with E-state index >= 15 is 0 Å². The molecule has 3 aromatic rings. The number of rotatable bonds is 16. The van der Waals surface area contributed by atoms with Crippen LogP contribution in [0.25, 0.3) is 5.00 Å². The van der Waals surface area contributed by atoms with Gasteiger partial charge < -0.3 is 25.3 Å². The van der Waals surface area contributed by atoms with Crippen LogP contribution >= 0.6 is 22.9 Å². The first-order valence-electron chi connectivity index (χ1n) is 14.0. The molecule has 0 fully saturated rings. The predicted molar refractivity (Wildman–Crippen MR) is 162 cm³/mol. The molecule has 0 bridgehead atoms. The summed E-state index contributed by atoms with van der Waals surface area (Å²) < 4.78 is 18.5. The molecule has 1 aliphatic heterocycles. The minimum Gasteiger partial charge on any atom is -0.379 e. The molecule has 3 N–H and O–H groups in total. The van der Waals surface area contributed by atoms with E-state index < -0.39 is 6.04 Å². The van der Waals surface area contributed by atoms with Crippen LogP contribution in [0.3, 0.4) is 0 Å². The highest BCUT2D eigenvalue weighted by molar-refractivity contribution is 7.15. The Morgan fingerprint density at radius 1 is 1.00 bits per heavy atom. The highest BCUT2D eigenvalue weighted by Gasteiger charge is 2.32. The number of nitrogens with two attached hydrogens (primary N) is 1. The molecule has 12 heteroatoms. The van der Waals surface area contributed by atoms with Crippen LogP contribution in [-0.4, -0.2) is 79.1 Å². The van der Waals surface area contributed by atoms with E-state index in [4.69, 9.17) is 36.5 Å². The van der Waals surface area contributed by atoms with Gasteiger partial charge in [-0.2, -0.15) is 0 Å². The summed E-state index contributed by atoms with van der Waals surface area (Å²) in [6.45, 7) is 10.6. The Balaban J connectivity index is 1.33. The van der Waals surface area contributed by atoms with Gasteiger partial charge in [-0.3, -0.25) is 14.4 Å². The molecule has 1 aromatic carbocycles. The second-order valence-corrected chi connectivity index (χ2v) is 11.4. The molecule has 0 saturated carbocycles. The number of aliphatic imine (C=N–C) groups is 1. The van der Waals surface area contributed by atoms with Crippen LogP contribution in [0.2, 0.25) is 5.02 Å². The van der Waals surface area contributed by atoms with Gasteiger partial charge in [-0.25, -0.2) is 0 Å². The summed E-state index contributed by atoms with van der Waals surface area (Å²) in [5.41, 5.74) is 9.40. The molecule has 2 aromatic heterocycles. The van der Waals surface area contributed by atoms with Gasteiger partial charge in [0.15, 0.2) is 5.82 Å². The summed E-state index contributed by atoms with van der Waals surface area (Å²) in [6, 6.07) is 7.16. The van der Waals surface area contributed by atoms with Gasteiger partial charge in [0.05, 0.1) is 38.6 Å². The second kappa shape index (κ2) is 15.5. The average Bonchev–Trinajstić information content (AvgIpc) is 3.43. The van der Waals surface area contributed by atoms with E-state index in [1.165, 1.54) is 4.88 Å². The Bertz CT molecular complexity index is 1320. The molecule has 0 aliphatic carbocycles. The minimum absolute atomic E-state index is 0.0995.